The number of phenolic OH excluding ortho intramolecular Hbond substituents is 1. The fraction of sp³-hybridized carbons (Fsp3) is 0.400. The predicted molar refractivity (Wildman–Crippen MR) is 51.6 cm³/mol. The van der Waals surface area contributed by atoms with E-state index < -0.39 is 5.41 Å². The minimum absolute atomic E-state index is 0.00821. The monoisotopic (exact) mass is 181 g/mol. The van der Waals surface area contributed by atoms with Gasteiger partial charge in [-0.15, -0.1) is 0 Å². The molecule has 0 amide bonds. The van der Waals surface area contributed by atoms with Gasteiger partial charge in [-0.25, -0.2) is 0 Å². The van der Waals surface area contributed by atoms with Crippen LogP contribution in [0.15, 0.2) is 24.3 Å². The van der Waals surface area contributed by atoms with Crippen LogP contribution in [0.1, 0.15) is 12.5 Å². The zero-order chi connectivity index (χ0) is 9.90. The number of rotatable bonds is 3. The largest absolute Gasteiger partial charge is 0.508 e. The number of hydrogen-bond acceptors (Lipinski definition) is 3. The van der Waals surface area contributed by atoms with Gasteiger partial charge in [-0.05, 0) is 17.7 Å². The molecule has 0 heterocycles. The minimum atomic E-state index is -0.409. The Hall–Kier alpha value is -1.06. The molecule has 4 N–H and O–H groups in total. The normalized spacial score (nSPS) is 15.3. The van der Waals surface area contributed by atoms with E-state index in [1.807, 2.05) is 6.92 Å². The van der Waals surface area contributed by atoms with Crippen LogP contribution in [0.2, 0.25) is 0 Å². The fourth-order valence-corrected chi connectivity index (χ4v) is 1.14. The average Bonchev–Trinajstić information content (AvgIpc) is 2.18. The van der Waals surface area contributed by atoms with Crippen molar-refractivity contribution in [1.82, 2.24) is 0 Å². The molecule has 0 aliphatic carbocycles. The third kappa shape index (κ3) is 1.99. The molecular formula is C10H15NO2. The van der Waals surface area contributed by atoms with Gasteiger partial charge in [0.05, 0.1) is 6.61 Å². The van der Waals surface area contributed by atoms with Gasteiger partial charge in [-0.1, -0.05) is 19.1 Å². The molecule has 0 fully saturated rings. The molecule has 0 aliphatic heterocycles. The summed E-state index contributed by atoms with van der Waals surface area (Å²) in [5.41, 5.74) is 6.10. The Morgan fingerprint density at radius 3 is 2.23 bits per heavy atom. The highest BCUT2D eigenvalue weighted by Crippen LogP contribution is 2.23. The van der Waals surface area contributed by atoms with Crippen molar-refractivity contribution >= 4 is 0 Å². The molecule has 3 nitrogen and oxygen atoms in total. The van der Waals surface area contributed by atoms with Gasteiger partial charge in [0.2, 0.25) is 0 Å². The van der Waals surface area contributed by atoms with Gasteiger partial charge in [0.25, 0.3) is 0 Å². The minimum Gasteiger partial charge on any atom is -0.508 e. The van der Waals surface area contributed by atoms with Gasteiger partial charge in [0.1, 0.15) is 5.75 Å². The lowest BCUT2D eigenvalue weighted by Crippen LogP contribution is -2.35. The highest BCUT2D eigenvalue weighted by molar-refractivity contribution is 5.31. The van der Waals surface area contributed by atoms with Gasteiger partial charge >= 0.3 is 0 Å². The Morgan fingerprint density at radius 1 is 1.31 bits per heavy atom. The van der Waals surface area contributed by atoms with Crippen molar-refractivity contribution in [1.29, 1.82) is 0 Å². The first kappa shape index (κ1) is 10.0. The van der Waals surface area contributed by atoms with Crippen LogP contribution >= 0.6 is 0 Å². The average molecular weight is 181 g/mol. The summed E-state index contributed by atoms with van der Waals surface area (Å²) >= 11 is 0. The highest BCUT2D eigenvalue weighted by atomic mass is 16.3. The summed E-state index contributed by atoms with van der Waals surface area (Å²) in [6.07, 6.45) is 0. The molecule has 0 bridgehead atoms. The molecule has 0 spiro atoms. The van der Waals surface area contributed by atoms with E-state index in [-0.39, 0.29) is 12.4 Å². The van der Waals surface area contributed by atoms with Crippen LogP contribution in [0.3, 0.4) is 0 Å². The topological polar surface area (TPSA) is 66.5 Å². The van der Waals surface area contributed by atoms with Crippen LogP contribution in [0, 0.1) is 0 Å². The first-order valence-electron chi connectivity index (χ1n) is 4.23. The van der Waals surface area contributed by atoms with Crippen LogP contribution < -0.4 is 5.73 Å². The smallest absolute Gasteiger partial charge is 0.115 e. The fourth-order valence-electron chi connectivity index (χ4n) is 1.14. The lowest BCUT2D eigenvalue weighted by atomic mass is 9.83. The van der Waals surface area contributed by atoms with Crippen molar-refractivity contribution in [2.75, 3.05) is 13.2 Å². The molecule has 0 aromatic heterocycles. The first-order chi connectivity index (χ1) is 6.12. The van der Waals surface area contributed by atoms with Crippen LogP contribution in [-0.4, -0.2) is 23.4 Å². The third-order valence-corrected chi connectivity index (χ3v) is 2.36. The second-order valence-electron chi connectivity index (χ2n) is 3.47. The molecule has 0 saturated carbocycles. The van der Waals surface area contributed by atoms with E-state index in [4.69, 9.17) is 15.9 Å². The number of aliphatic hydroxyl groups is 1. The summed E-state index contributed by atoms with van der Waals surface area (Å²) in [7, 11) is 0. The zero-order valence-electron chi connectivity index (χ0n) is 7.70. The second kappa shape index (κ2) is 3.77. The van der Waals surface area contributed by atoms with Gasteiger partial charge in [0.15, 0.2) is 0 Å². The number of nitrogens with two attached hydrogens (primary N) is 1. The molecule has 72 valence electrons. The lowest BCUT2D eigenvalue weighted by molar-refractivity contribution is 0.210. The van der Waals surface area contributed by atoms with E-state index in [1.165, 1.54) is 0 Å². The van der Waals surface area contributed by atoms with E-state index in [0.717, 1.165) is 5.56 Å². The van der Waals surface area contributed by atoms with Crippen molar-refractivity contribution in [2.45, 2.75) is 12.3 Å². The Bertz CT molecular complexity index is 265. The number of aromatic hydroxyl groups is 1. The zero-order valence-corrected chi connectivity index (χ0v) is 7.70. The van der Waals surface area contributed by atoms with Crippen LogP contribution in [0.4, 0.5) is 0 Å². The molecule has 0 saturated heterocycles. The van der Waals surface area contributed by atoms with E-state index in [1.54, 1.807) is 24.3 Å². The highest BCUT2D eigenvalue weighted by Gasteiger charge is 2.23. The van der Waals surface area contributed by atoms with Gasteiger partial charge < -0.3 is 15.9 Å². The van der Waals surface area contributed by atoms with Crippen LogP contribution in [0.25, 0.3) is 0 Å². The maximum atomic E-state index is 9.17. The molecule has 0 radical (unpaired) electrons. The summed E-state index contributed by atoms with van der Waals surface area (Å²) in [5.74, 6) is 0.223. The van der Waals surface area contributed by atoms with Crippen molar-refractivity contribution in [3.05, 3.63) is 29.8 Å². The lowest BCUT2D eigenvalue weighted by Gasteiger charge is -2.25. The van der Waals surface area contributed by atoms with Crippen molar-refractivity contribution in [3.8, 4) is 5.75 Å². The van der Waals surface area contributed by atoms with Gasteiger partial charge in [-0.2, -0.15) is 0 Å². The second-order valence-corrected chi connectivity index (χ2v) is 3.47. The third-order valence-electron chi connectivity index (χ3n) is 2.36. The van der Waals surface area contributed by atoms with E-state index in [0.29, 0.717) is 6.54 Å². The number of hydrogen-bond donors (Lipinski definition) is 3. The molecule has 3 heteroatoms. The Morgan fingerprint density at radius 2 is 1.85 bits per heavy atom. The molecular weight excluding hydrogens is 166 g/mol. The molecule has 1 atom stereocenters. The number of aliphatic hydroxyl groups excluding tert-OH is 1. The Balaban J connectivity index is 2.99. The summed E-state index contributed by atoms with van der Waals surface area (Å²) in [6, 6.07) is 6.74. The summed E-state index contributed by atoms with van der Waals surface area (Å²) < 4.78 is 0. The quantitative estimate of drug-likeness (QED) is 0.639. The number of phenols is 1. The SMILES string of the molecule is CC(CN)(CO)c1ccc(O)cc1. The predicted octanol–water partition coefficient (Wildman–Crippen LogP) is 0.601. The molecule has 1 aromatic rings. The van der Waals surface area contributed by atoms with Gasteiger partial charge in [0, 0.05) is 12.0 Å². The maximum Gasteiger partial charge on any atom is 0.115 e. The maximum absolute atomic E-state index is 9.17. The summed E-state index contributed by atoms with van der Waals surface area (Å²) in [6.45, 7) is 2.28. The first-order valence-corrected chi connectivity index (χ1v) is 4.23. The van der Waals surface area contributed by atoms with Crippen LogP contribution in [0.5, 0.6) is 5.75 Å². The van der Waals surface area contributed by atoms with E-state index in [2.05, 4.69) is 0 Å². The Kier molecular flexibility index (Phi) is 2.90. The van der Waals surface area contributed by atoms with E-state index >= 15 is 0 Å². The van der Waals surface area contributed by atoms with Crippen LogP contribution in [-0.2, 0) is 5.41 Å². The summed E-state index contributed by atoms with van der Waals surface area (Å²) in [4.78, 5) is 0. The summed E-state index contributed by atoms with van der Waals surface area (Å²) in [5, 5.41) is 18.2. The Labute approximate surface area is 77.8 Å². The number of benzene rings is 1. The molecule has 13 heavy (non-hydrogen) atoms. The van der Waals surface area contributed by atoms with Crippen molar-refractivity contribution in [2.24, 2.45) is 5.73 Å². The molecule has 1 unspecified atom stereocenters. The molecule has 0 aliphatic rings. The van der Waals surface area contributed by atoms with Crippen molar-refractivity contribution < 1.29 is 10.2 Å². The molecule has 1 aromatic carbocycles. The van der Waals surface area contributed by atoms with E-state index in [9.17, 15) is 0 Å². The van der Waals surface area contributed by atoms with Crippen molar-refractivity contribution in [3.63, 3.8) is 0 Å². The molecule has 1 rings (SSSR count). The van der Waals surface area contributed by atoms with Gasteiger partial charge in [-0.3, -0.25) is 0 Å². The standard InChI is InChI=1S/C10H15NO2/c1-10(6-11,7-12)8-2-4-9(13)5-3-8/h2-5,12-13H,6-7,11H2,1H3.